The molecule has 0 fully saturated rings. The van der Waals surface area contributed by atoms with Gasteiger partial charge in [0.05, 0.1) is 18.4 Å². The number of nitrogens with one attached hydrogen (secondary N) is 2. The zero-order valence-corrected chi connectivity index (χ0v) is 13.3. The fourth-order valence-corrected chi connectivity index (χ4v) is 2.76. The third-order valence-corrected chi connectivity index (χ3v) is 4.29. The standard InChI is InChI=1S/C16H21N3OS/c1-3-9-17-12-5-8-15(18-10-12)16(20)19-11-14-7-6-13(4-2)21-14/h5-8,10,17H,3-4,9,11H2,1-2H3,(H,19,20). The molecule has 112 valence electrons. The Bertz CT molecular complexity index is 577. The van der Waals surface area contributed by atoms with Crippen LogP contribution in [0.1, 0.15) is 40.5 Å². The van der Waals surface area contributed by atoms with Gasteiger partial charge in [-0.15, -0.1) is 11.3 Å². The number of thiophene rings is 1. The molecule has 0 saturated heterocycles. The predicted octanol–water partition coefficient (Wildman–Crippen LogP) is 3.46. The Morgan fingerprint density at radius 2 is 2.00 bits per heavy atom. The predicted molar refractivity (Wildman–Crippen MR) is 87.9 cm³/mol. The van der Waals surface area contributed by atoms with Gasteiger partial charge in [-0.2, -0.15) is 0 Å². The van der Waals surface area contributed by atoms with E-state index in [-0.39, 0.29) is 5.91 Å². The second-order valence-electron chi connectivity index (χ2n) is 4.76. The molecule has 1 amide bonds. The van der Waals surface area contributed by atoms with Gasteiger partial charge in [0.1, 0.15) is 5.69 Å². The maximum absolute atomic E-state index is 12.0. The summed E-state index contributed by atoms with van der Waals surface area (Å²) in [6.45, 7) is 5.70. The minimum Gasteiger partial charge on any atom is -0.384 e. The second-order valence-corrected chi connectivity index (χ2v) is 6.02. The minimum absolute atomic E-state index is 0.136. The topological polar surface area (TPSA) is 54.0 Å². The Morgan fingerprint density at radius 3 is 2.62 bits per heavy atom. The third kappa shape index (κ3) is 4.56. The van der Waals surface area contributed by atoms with Crippen LogP contribution in [0.2, 0.25) is 0 Å². The molecule has 5 heteroatoms. The summed E-state index contributed by atoms with van der Waals surface area (Å²) in [5.41, 5.74) is 1.39. The van der Waals surface area contributed by atoms with E-state index < -0.39 is 0 Å². The van der Waals surface area contributed by atoms with Gasteiger partial charge < -0.3 is 10.6 Å². The van der Waals surface area contributed by atoms with E-state index in [9.17, 15) is 4.79 Å². The molecule has 0 unspecified atom stereocenters. The highest BCUT2D eigenvalue weighted by Gasteiger charge is 2.07. The van der Waals surface area contributed by atoms with Crippen molar-refractivity contribution in [1.82, 2.24) is 10.3 Å². The Kier molecular flexibility index (Phi) is 5.75. The van der Waals surface area contributed by atoms with Crippen LogP contribution >= 0.6 is 11.3 Å². The number of nitrogens with zero attached hydrogens (tertiary/aromatic N) is 1. The van der Waals surface area contributed by atoms with Crippen molar-refractivity contribution in [3.8, 4) is 0 Å². The zero-order chi connectivity index (χ0) is 15.1. The highest BCUT2D eigenvalue weighted by Crippen LogP contribution is 2.16. The molecule has 2 aromatic rings. The van der Waals surface area contributed by atoms with E-state index in [1.165, 1.54) is 9.75 Å². The number of pyridine rings is 1. The van der Waals surface area contributed by atoms with Gasteiger partial charge in [-0.1, -0.05) is 13.8 Å². The van der Waals surface area contributed by atoms with E-state index >= 15 is 0 Å². The maximum Gasteiger partial charge on any atom is 0.270 e. The quantitative estimate of drug-likeness (QED) is 0.823. The SMILES string of the molecule is CCCNc1ccc(C(=O)NCc2ccc(CC)s2)nc1. The second kappa shape index (κ2) is 7.78. The highest BCUT2D eigenvalue weighted by atomic mass is 32.1. The summed E-state index contributed by atoms with van der Waals surface area (Å²) in [5.74, 6) is -0.136. The van der Waals surface area contributed by atoms with Crippen LogP contribution in [0.15, 0.2) is 30.5 Å². The Balaban J connectivity index is 1.87. The van der Waals surface area contributed by atoms with Gasteiger partial charge in [-0.3, -0.25) is 4.79 Å². The van der Waals surface area contributed by atoms with Gasteiger partial charge in [0.25, 0.3) is 5.91 Å². The summed E-state index contributed by atoms with van der Waals surface area (Å²) >= 11 is 1.74. The maximum atomic E-state index is 12.0. The van der Waals surface area contributed by atoms with Crippen LogP contribution in [-0.2, 0) is 13.0 Å². The Hall–Kier alpha value is -1.88. The van der Waals surface area contributed by atoms with Crippen LogP contribution in [-0.4, -0.2) is 17.4 Å². The van der Waals surface area contributed by atoms with Crippen LogP contribution in [0.5, 0.6) is 0 Å². The highest BCUT2D eigenvalue weighted by molar-refractivity contribution is 7.11. The van der Waals surface area contributed by atoms with Gasteiger partial charge >= 0.3 is 0 Å². The van der Waals surface area contributed by atoms with E-state index in [2.05, 4.69) is 41.6 Å². The molecule has 0 atom stereocenters. The lowest BCUT2D eigenvalue weighted by Crippen LogP contribution is -2.23. The van der Waals surface area contributed by atoms with Crippen LogP contribution in [0.4, 0.5) is 5.69 Å². The Labute approximate surface area is 129 Å². The van der Waals surface area contributed by atoms with Crippen molar-refractivity contribution in [3.63, 3.8) is 0 Å². The molecule has 0 bridgehead atoms. The molecule has 4 nitrogen and oxygen atoms in total. The average molecular weight is 303 g/mol. The number of hydrogen-bond acceptors (Lipinski definition) is 4. The summed E-state index contributed by atoms with van der Waals surface area (Å²) < 4.78 is 0. The summed E-state index contributed by atoms with van der Waals surface area (Å²) in [5, 5.41) is 6.14. The molecule has 0 aliphatic heterocycles. The molecule has 0 radical (unpaired) electrons. The minimum atomic E-state index is -0.136. The van der Waals surface area contributed by atoms with Crippen molar-refractivity contribution < 1.29 is 4.79 Å². The number of carbonyl (C=O) groups excluding carboxylic acids is 1. The molecule has 2 heterocycles. The van der Waals surface area contributed by atoms with Crippen molar-refractivity contribution >= 4 is 22.9 Å². The molecule has 2 aromatic heterocycles. The molecule has 0 aliphatic rings. The molecular weight excluding hydrogens is 282 g/mol. The van der Waals surface area contributed by atoms with Crippen LogP contribution in [0.25, 0.3) is 0 Å². The van der Waals surface area contributed by atoms with Gasteiger partial charge in [-0.05, 0) is 37.1 Å². The first kappa shape index (κ1) is 15.5. The zero-order valence-electron chi connectivity index (χ0n) is 12.5. The molecule has 21 heavy (non-hydrogen) atoms. The van der Waals surface area contributed by atoms with E-state index in [1.807, 2.05) is 6.07 Å². The van der Waals surface area contributed by atoms with Gasteiger partial charge in [-0.25, -0.2) is 4.98 Å². The first-order valence-corrected chi connectivity index (χ1v) is 8.10. The fourth-order valence-electron chi connectivity index (χ4n) is 1.87. The number of aromatic nitrogens is 1. The van der Waals surface area contributed by atoms with E-state index in [0.29, 0.717) is 12.2 Å². The number of amides is 1. The molecular formula is C16H21N3OS. The van der Waals surface area contributed by atoms with E-state index in [4.69, 9.17) is 0 Å². The molecule has 0 spiro atoms. The normalized spacial score (nSPS) is 10.4. The van der Waals surface area contributed by atoms with Gasteiger partial charge in [0.15, 0.2) is 0 Å². The lowest BCUT2D eigenvalue weighted by molar-refractivity contribution is 0.0946. The van der Waals surface area contributed by atoms with E-state index in [1.54, 1.807) is 23.6 Å². The number of aryl methyl sites for hydroxylation is 1. The Morgan fingerprint density at radius 1 is 1.19 bits per heavy atom. The number of anilines is 1. The van der Waals surface area contributed by atoms with Crippen molar-refractivity contribution in [3.05, 3.63) is 45.9 Å². The van der Waals surface area contributed by atoms with Gasteiger partial charge in [0.2, 0.25) is 0 Å². The number of rotatable bonds is 7. The van der Waals surface area contributed by atoms with E-state index in [0.717, 1.165) is 25.1 Å². The first-order chi connectivity index (χ1) is 10.2. The van der Waals surface area contributed by atoms with Crippen molar-refractivity contribution in [2.24, 2.45) is 0 Å². The molecule has 0 aliphatic carbocycles. The lowest BCUT2D eigenvalue weighted by Gasteiger charge is -2.06. The fraction of sp³-hybridized carbons (Fsp3) is 0.375. The molecule has 2 N–H and O–H groups in total. The number of hydrogen-bond donors (Lipinski definition) is 2. The number of carbonyl (C=O) groups is 1. The van der Waals surface area contributed by atoms with Crippen LogP contribution < -0.4 is 10.6 Å². The van der Waals surface area contributed by atoms with Gasteiger partial charge in [0, 0.05) is 16.3 Å². The third-order valence-electron chi connectivity index (χ3n) is 3.06. The summed E-state index contributed by atoms with van der Waals surface area (Å²) in [4.78, 5) is 18.7. The largest absolute Gasteiger partial charge is 0.384 e. The lowest BCUT2D eigenvalue weighted by atomic mass is 10.3. The summed E-state index contributed by atoms with van der Waals surface area (Å²) in [7, 11) is 0. The van der Waals surface area contributed by atoms with Crippen molar-refractivity contribution in [1.29, 1.82) is 0 Å². The average Bonchev–Trinajstić information content (AvgIpc) is 2.99. The smallest absolute Gasteiger partial charge is 0.270 e. The molecule has 2 rings (SSSR count). The summed E-state index contributed by atoms with van der Waals surface area (Å²) in [6, 6.07) is 7.81. The first-order valence-electron chi connectivity index (χ1n) is 7.28. The van der Waals surface area contributed by atoms with Crippen molar-refractivity contribution in [2.75, 3.05) is 11.9 Å². The monoisotopic (exact) mass is 303 g/mol. The summed E-state index contributed by atoms with van der Waals surface area (Å²) in [6.07, 6.45) is 3.79. The van der Waals surface area contributed by atoms with Crippen molar-refractivity contribution in [2.45, 2.75) is 33.2 Å². The van der Waals surface area contributed by atoms with Crippen LogP contribution in [0, 0.1) is 0 Å². The molecule has 0 saturated carbocycles. The molecule has 0 aromatic carbocycles. The van der Waals surface area contributed by atoms with Crippen LogP contribution in [0.3, 0.4) is 0 Å².